The van der Waals surface area contributed by atoms with Crippen LogP contribution < -0.4 is 16.4 Å². The number of halogens is 1. The third kappa shape index (κ3) is 4.10. The van der Waals surface area contributed by atoms with E-state index in [4.69, 9.17) is 0 Å². The molecule has 0 bridgehead atoms. The predicted molar refractivity (Wildman–Crippen MR) is 93.3 cm³/mol. The lowest BCUT2D eigenvalue weighted by Crippen LogP contribution is -2.31. The first-order valence-electron chi connectivity index (χ1n) is 7.82. The van der Waals surface area contributed by atoms with Gasteiger partial charge in [-0.3, -0.25) is 19.0 Å². The van der Waals surface area contributed by atoms with E-state index in [-0.39, 0.29) is 35.9 Å². The van der Waals surface area contributed by atoms with Gasteiger partial charge in [0.25, 0.3) is 11.5 Å². The Morgan fingerprint density at radius 3 is 2.58 bits per heavy atom. The minimum atomic E-state index is -0.361. The van der Waals surface area contributed by atoms with Crippen LogP contribution in [-0.2, 0) is 6.54 Å². The maximum Gasteiger partial charge on any atom is 0.253 e. The fraction of sp³-hybridized carbons (Fsp3) is 0.111. The van der Waals surface area contributed by atoms with Crippen molar-refractivity contribution in [2.45, 2.75) is 6.54 Å². The highest BCUT2D eigenvalue weighted by atomic mass is 19.1. The third-order valence-corrected chi connectivity index (χ3v) is 3.70. The van der Waals surface area contributed by atoms with Gasteiger partial charge in [-0.25, -0.2) is 9.37 Å². The van der Waals surface area contributed by atoms with Crippen LogP contribution in [0.25, 0.3) is 11.3 Å². The average Bonchev–Trinajstić information content (AvgIpc) is 2.64. The molecule has 0 radical (unpaired) electrons. The highest BCUT2D eigenvalue weighted by Crippen LogP contribution is 2.14. The van der Waals surface area contributed by atoms with Gasteiger partial charge in [-0.05, 0) is 30.3 Å². The molecule has 0 unspecified atom stereocenters. The van der Waals surface area contributed by atoms with E-state index in [1.165, 1.54) is 47.4 Å². The molecule has 0 aliphatic carbocycles. The first-order valence-corrected chi connectivity index (χ1v) is 7.82. The van der Waals surface area contributed by atoms with Crippen molar-refractivity contribution in [3.8, 4) is 11.3 Å². The van der Waals surface area contributed by atoms with Crippen LogP contribution in [0.3, 0.4) is 0 Å². The molecule has 2 N–H and O–H groups in total. The number of amides is 1. The Morgan fingerprint density at radius 2 is 1.92 bits per heavy atom. The van der Waals surface area contributed by atoms with Crippen molar-refractivity contribution in [3.63, 3.8) is 0 Å². The highest BCUT2D eigenvalue weighted by Gasteiger charge is 2.06. The summed E-state index contributed by atoms with van der Waals surface area (Å²) in [4.78, 5) is 41.7. The van der Waals surface area contributed by atoms with Gasteiger partial charge < -0.3 is 10.3 Å². The Morgan fingerprint density at radius 1 is 1.15 bits per heavy atom. The summed E-state index contributed by atoms with van der Waals surface area (Å²) in [5.41, 5.74) is 0.838. The number of rotatable bonds is 5. The van der Waals surface area contributed by atoms with E-state index < -0.39 is 0 Å². The number of H-pyrrole nitrogens is 1. The van der Waals surface area contributed by atoms with E-state index in [1.807, 2.05) is 0 Å². The summed E-state index contributed by atoms with van der Waals surface area (Å²) < 4.78 is 14.3. The van der Waals surface area contributed by atoms with Crippen LogP contribution in [-0.4, -0.2) is 27.0 Å². The van der Waals surface area contributed by atoms with Crippen molar-refractivity contribution < 1.29 is 9.18 Å². The van der Waals surface area contributed by atoms with Gasteiger partial charge in [0.15, 0.2) is 0 Å². The molecule has 8 heteroatoms. The van der Waals surface area contributed by atoms with E-state index in [1.54, 1.807) is 12.1 Å². The molecule has 0 atom stereocenters. The first-order chi connectivity index (χ1) is 12.5. The Labute approximate surface area is 147 Å². The lowest BCUT2D eigenvalue weighted by molar-refractivity contribution is 0.0951. The Bertz CT molecular complexity index is 1020. The average molecular weight is 354 g/mol. The molecular weight excluding hydrogens is 339 g/mol. The van der Waals surface area contributed by atoms with Crippen LogP contribution in [0.2, 0.25) is 0 Å². The second-order valence-corrected chi connectivity index (χ2v) is 5.51. The maximum atomic E-state index is 13.0. The van der Waals surface area contributed by atoms with Crippen LogP contribution in [0, 0.1) is 5.82 Å². The van der Waals surface area contributed by atoms with Gasteiger partial charge >= 0.3 is 0 Å². The number of nitrogens with one attached hydrogen (secondary N) is 2. The molecule has 132 valence electrons. The molecule has 0 fully saturated rings. The number of hydrogen-bond donors (Lipinski definition) is 2. The van der Waals surface area contributed by atoms with Crippen LogP contribution in [0.4, 0.5) is 4.39 Å². The van der Waals surface area contributed by atoms with Crippen molar-refractivity contribution in [2.24, 2.45) is 0 Å². The molecule has 26 heavy (non-hydrogen) atoms. The van der Waals surface area contributed by atoms with Gasteiger partial charge in [0, 0.05) is 37.0 Å². The van der Waals surface area contributed by atoms with Crippen molar-refractivity contribution in [2.75, 3.05) is 6.54 Å². The number of nitrogens with zero attached hydrogens (tertiary/aromatic N) is 2. The van der Waals surface area contributed by atoms with E-state index in [0.717, 1.165) is 0 Å². The SMILES string of the molecule is O=C(NCCn1cnc(-c2ccc(F)cc2)cc1=O)c1ccc(=O)[nH]c1. The summed E-state index contributed by atoms with van der Waals surface area (Å²) >= 11 is 0. The molecule has 0 aliphatic rings. The molecule has 2 heterocycles. The molecule has 0 saturated heterocycles. The van der Waals surface area contributed by atoms with Gasteiger partial charge in [-0.2, -0.15) is 0 Å². The second kappa shape index (κ2) is 7.56. The Kier molecular flexibility index (Phi) is 5.02. The van der Waals surface area contributed by atoms with Gasteiger partial charge in [0.2, 0.25) is 5.56 Å². The zero-order chi connectivity index (χ0) is 18.5. The second-order valence-electron chi connectivity index (χ2n) is 5.51. The molecule has 0 spiro atoms. The smallest absolute Gasteiger partial charge is 0.253 e. The molecule has 7 nitrogen and oxygen atoms in total. The Balaban J connectivity index is 1.62. The number of carbonyl (C=O) groups is 1. The van der Waals surface area contributed by atoms with Gasteiger partial charge in [-0.1, -0.05) is 0 Å². The quantitative estimate of drug-likeness (QED) is 0.719. The van der Waals surface area contributed by atoms with Crippen LogP contribution in [0.5, 0.6) is 0 Å². The number of aromatic amines is 1. The van der Waals surface area contributed by atoms with E-state index in [2.05, 4.69) is 15.3 Å². The van der Waals surface area contributed by atoms with Crippen molar-refractivity contribution >= 4 is 5.91 Å². The van der Waals surface area contributed by atoms with E-state index in [9.17, 15) is 18.8 Å². The van der Waals surface area contributed by atoms with E-state index >= 15 is 0 Å². The topological polar surface area (TPSA) is 96.8 Å². The molecule has 0 aliphatic heterocycles. The zero-order valence-corrected chi connectivity index (χ0v) is 13.6. The summed E-state index contributed by atoms with van der Waals surface area (Å²) in [6.45, 7) is 0.458. The van der Waals surface area contributed by atoms with Crippen molar-refractivity contribution in [1.29, 1.82) is 0 Å². The minimum Gasteiger partial charge on any atom is -0.350 e. The molecule has 3 rings (SSSR count). The fourth-order valence-electron chi connectivity index (χ4n) is 2.32. The first kappa shape index (κ1) is 17.3. The van der Waals surface area contributed by atoms with Gasteiger partial charge in [-0.15, -0.1) is 0 Å². The standard InChI is InChI=1S/C18H15FN4O3/c19-14-4-1-12(2-5-14)15-9-17(25)23(11-22-15)8-7-20-18(26)13-3-6-16(24)21-10-13/h1-6,9-11H,7-8H2,(H,20,26)(H,21,24). The van der Waals surface area contributed by atoms with Crippen molar-refractivity contribution in [1.82, 2.24) is 19.9 Å². The summed E-state index contributed by atoms with van der Waals surface area (Å²) in [7, 11) is 0. The Hall–Kier alpha value is -3.55. The minimum absolute atomic E-state index is 0.218. The maximum absolute atomic E-state index is 13.0. The zero-order valence-electron chi connectivity index (χ0n) is 13.6. The summed E-state index contributed by atoms with van der Waals surface area (Å²) in [5.74, 6) is -0.717. The number of benzene rings is 1. The molecule has 3 aromatic rings. The predicted octanol–water partition coefficient (Wildman–Crippen LogP) is 1.17. The normalized spacial score (nSPS) is 10.5. The molecule has 2 aromatic heterocycles. The third-order valence-electron chi connectivity index (χ3n) is 3.70. The molecule has 1 aromatic carbocycles. The van der Waals surface area contributed by atoms with Crippen LogP contribution in [0.15, 0.2) is 64.6 Å². The summed E-state index contributed by atoms with van der Waals surface area (Å²) in [6, 6.07) is 9.73. The number of carbonyl (C=O) groups excluding carboxylic acids is 1. The highest BCUT2D eigenvalue weighted by molar-refractivity contribution is 5.93. The number of aromatic nitrogens is 3. The summed E-state index contributed by atoms with van der Waals surface area (Å²) in [6.07, 6.45) is 2.70. The molecule has 1 amide bonds. The largest absolute Gasteiger partial charge is 0.350 e. The van der Waals surface area contributed by atoms with E-state index in [0.29, 0.717) is 16.8 Å². The van der Waals surface area contributed by atoms with Crippen molar-refractivity contribution in [3.05, 3.63) is 87.1 Å². The van der Waals surface area contributed by atoms with Crippen LogP contribution in [0.1, 0.15) is 10.4 Å². The number of pyridine rings is 1. The van der Waals surface area contributed by atoms with Gasteiger partial charge in [0.1, 0.15) is 5.82 Å². The lowest BCUT2D eigenvalue weighted by atomic mass is 10.1. The summed E-state index contributed by atoms with van der Waals surface area (Å²) in [5, 5.41) is 2.66. The number of hydrogen-bond acceptors (Lipinski definition) is 4. The van der Waals surface area contributed by atoms with Gasteiger partial charge in [0.05, 0.1) is 17.6 Å². The monoisotopic (exact) mass is 354 g/mol. The molecular formula is C18H15FN4O3. The van der Waals surface area contributed by atoms with Crippen LogP contribution >= 0.6 is 0 Å². The molecule has 0 saturated carbocycles. The lowest BCUT2D eigenvalue weighted by Gasteiger charge is -2.08. The fourth-order valence-corrected chi connectivity index (χ4v) is 2.32.